The summed E-state index contributed by atoms with van der Waals surface area (Å²) < 4.78 is 5.86. The highest BCUT2D eigenvalue weighted by Gasteiger charge is 2.24. The van der Waals surface area contributed by atoms with Crippen LogP contribution in [0.4, 0.5) is 0 Å². The van der Waals surface area contributed by atoms with Crippen LogP contribution in [-0.4, -0.2) is 6.10 Å². The molecular weight excluding hydrogens is 160 g/mol. The first-order valence-corrected chi connectivity index (χ1v) is 5.45. The topological polar surface area (TPSA) is 9.23 Å². The average Bonchev–Trinajstić information content (AvgIpc) is 2.57. The molecule has 0 aromatic rings. The Morgan fingerprint density at radius 2 is 2.46 bits per heavy atom. The molecule has 0 bridgehead atoms. The molecule has 0 saturated carbocycles. The van der Waals surface area contributed by atoms with Gasteiger partial charge in [-0.25, -0.2) is 0 Å². The Morgan fingerprint density at radius 3 is 3.23 bits per heavy atom. The molecule has 1 heteroatoms. The first-order valence-electron chi connectivity index (χ1n) is 5.45. The molecule has 13 heavy (non-hydrogen) atoms. The summed E-state index contributed by atoms with van der Waals surface area (Å²) in [7, 11) is 0. The zero-order chi connectivity index (χ0) is 9.10. The molecule has 72 valence electrons. The second kappa shape index (κ2) is 3.99. The van der Waals surface area contributed by atoms with Crippen LogP contribution < -0.4 is 0 Å². The normalized spacial score (nSPS) is 26.1. The van der Waals surface area contributed by atoms with Crippen LogP contribution in [-0.2, 0) is 4.74 Å². The van der Waals surface area contributed by atoms with Crippen molar-refractivity contribution in [2.45, 2.75) is 51.6 Å². The fraction of sp³-hybridized carbons (Fsp3) is 0.667. The minimum atomic E-state index is 0.493. The van der Waals surface area contributed by atoms with Crippen LogP contribution in [0, 0.1) is 0 Å². The average molecular weight is 178 g/mol. The van der Waals surface area contributed by atoms with Crippen molar-refractivity contribution in [1.29, 1.82) is 0 Å². The van der Waals surface area contributed by atoms with Crippen molar-refractivity contribution in [3.8, 4) is 0 Å². The summed E-state index contributed by atoms with van der Waals surface area (Å²) in [5.74, 6) is 1.19. The van der Waals surface area contributed by atoms with Gasteiger partial charge in [-0.2, -0.15) is 0 Å². The van der Waals surface area contributed by atoms with E-state index in [4.69, 9.17) is 4.74 Å². The first kappa shape index (κ1) is 8.86. The van der Waals surface area contributed by atoms with Gasteiger partial charge in [0.15, 0.2) is 0 Å². The lowest BCUT2D eigenvalue weighted by atomic mass is 9.99. The molecule has 1 aliphatic heterocycles. The van der Waals surface area contributed by atoms with Crippen molar-refractivity contribution < 1.29 is 4.74 Å². The maximum absolute atomic E-state index is 5.86. The van der Waals surface area contributed by atoms with E-state index in [0.29, 0.717) is 6.10 Å². The van der Waals surface area contributed by atoms with Gasteiger partial charge in [0, 0.05) is 6.42 Å². The van der Waals surface area contributed by atoms with Gasteiger partial charge < -0.3 is 4.74 Å². The van der Waals surface area contributed by atoms with Crippen molar-refractivity contribution in [2.24, 2.45) is 0 Å². The number of unbranched alkanes of at least 4 members (excludes halogenated alkanes) is 1. The fourth-order valence-corrected chi connectivity index (χ4v) is 2.10. The van der Waals surface area contributed by atoms with Crippen molar-refractivity contribution in [2.75, 3.05) is 0 Å². The maximum atomic E-state index is 5.86. The molecule has 2 rings (SSSR count). The minimum absolute atomic E-state index is 0.493. The van der Waals surface area contributed by atoms with Crippen LogP contribution in [0.2, 0.25) is 0 Å². The monoisotopic (exact) mass is 178 g/mol. The Kier molecular flexibility index (Phi) is 2.72. The number of hydrogen-bond acceptors (Lipinski definition) is 1. The smallest absolute Gasteiger partial charge is 0.118 e. The number of ether oxygens (including phenoxy) is 1. The predicted molar refractivity (Wildman–Crippen MR) is 54.4 cm³/mol. The lowest BCUT2D eigenvalue weighted by Gasteiger charge is -2.10. The van der Waals surface area contributed by atoms with E-state index in [1.54, 1.807) is 5.57 Å². The minimum Gasteiger partial charge on any atom is -0.490 e. The number of allylic oxidation sites excluding steroid dienone is 2. The van der Waals surface area contributed by atoms with Crippen LogP contribution in [0.5, 0.6) is 0 Å². The van der Waals surface area contributed by atoms with Crippen molar-refractivity contribution in [3.05, 3.63) is 23.5 Å². The molecule has 2 aliphatic rings. The van der Waals surface area contributed by atoms with E-state index in [2.05, 4.69) is 19.1 Å². The molecule has 1 heterocycles. The second-order valence-corrected chi connectivity index (χ2v) is 4.00. The van der Waals surface area contributed by atoms with Crippen LogP contribution >= 0.6 is 0 Å². The third kappa shape index (κ3) is 1.96. The van der Waals surface area contributed by atoms with E-state index in [-0.39, 0.29) is 0 Å². The van der Waals surface area contributed by atoms with E-state index in [0.717, 1.165) is 0 Å². The van der Waals surface area contributed by atoms with Gasteiger partial charge in [0.05, 0.1) is 0 Å². The molecule has 0 radical (unpaired) electrons. The van der Waals surface area contributed by atoms with Gasteiger partial charge in [-0.05, 0) is 30.9 Å². The number of hydrogen-bond donors (Lipinski definition) is 0. The van der Waals surface area contributed by atoms with Gasteiger partial charge in [0.25, 0.3) is 0 Å². The third-order valence-corrected chi connectivity index (χ3v) is 2.88. The van der Waals surface area contributed by atoms with Crippen LogP contribution in [0.3, 0.4) is 0 Å². The molecule has 0 aromatic heterocycles. The highest BCUT2D eigenvalue weighted by Crippen LogP contribution is 2.34. The maximum Gasteiger partial charge on any atom is 0.118 e. The lowest BCUT2D eigenvalue weighted by Crippen LogP contribution is -2.05. The highest BCUT2D eigenvalue weighted by molar-refractivity contribution is 5.28. The molecule has 0 N–H and O–H groups in total. The summed E-state index contributed by atoms with van der Waals surface area (Å²) in [6, 6.07) is 0. The fourth-order valence-electron chi connectivity index (χ4n) is 2.10. The molecular formula is C12H18O. The molecule has 1 unspecified atom stereocenters. The third-order valence-electron chi connectivity index (χ3n) is 2.88. The molecule has 0 saturated heterocycles. The zero-order valence-electron chi connectivity index (χ0n) is 8.38. The molecule has 1 atom stereocenters. The van der Waals surface area contributed by atoms with Gasteiger partial charge in [0.1, 0.15) is 11.9 Å². The van der Waals surface area contributed by atoms with Gasteiger partial charge >= 0.3 is 0 Å². The van der Waals surface area contributed by atoms with E-state index in [9.17, 15) is 0 Å². The van der Waals surface area contributed by atoms with Gasteiger partial charge in [-0.15, -0.1) is 0 Å². The summed E-state index contributed by atoms with van der Waals surface area (Å²) in [5, 5.41) is 0. The molecule has 1 aliphatic carbocycles. The van der Waals surface area contributed by atoms with Crippen LogP contribution in [0.15, 0.2) is 23.5 Å². The molecule has 0 fully saturated rings. The van der Waals surface area contributed by atoms with Crippen molar-refractivity contribution in [1.82, 2.24) is 0 Å². The van der Waals surface area contributed by atoms with Crippen LogP contribution in [0.25, 0.3) is 0 Å². The first-order chi connectivity index (χ1) is 6.40. The SMILES string of the molecule is CCCCC1CC2=C(C=CCC2)O1. The van der Waals surface area contributed by atoms with Gasteiger partial charge in [0.2, 0.25) is 0 Å². The molecule has 0 spiro atoms. The Bertz CT molecular complexity index is 238. The van der Waals surface area contributed by atoms with Crippen LogP contribution in [0.1, 0.15) is 45.4 Å². The highest BCUT2D eigenvalue weighted by atomic mass is 16.5. The summed E-state index contributed by atoms with van der Waals surface area (Å²) in [6.45, 7) is 2.24. The Hall–Kier alpha value is -0.720. The van der Waals surface area contributed by atoms with Crippen molar-refractivity contribution >= 4 is 0 Å². The van der Waals surface area contributed by atoms with Crippen molar-refractivity contribution in [3.63, 3.8) is 0 Å². The number of rotatable bonds is 3. The Balaban J connectivity index is 1.87. The summed E-state index contributed by atoms with van der Waals surface area (Å²) >= 11 is 0. The summed E-state index contributed by atoms with van der Waals surface area (Å²) in [6.07, 6.45) is 12.3. The quantitative estimate of drug-likeness (QED) is 0.642. The predicted octanol–water partition coefficient (Wildman–Crippen LogP) is 3.57. The standard InChI is InChI=1S/C12H18O/c1-2-3-7-11-9-10-6-4-5-8-12(10)13-11/h5,8,11H,2-4,6-7,9H2,1H3. The molecule has 1 nitrogen and oxygen atoms in total. The van der Waals surface area contributed by atoms with E-state index < -0.39 is 0 Å². The van der Waals surface area contributed by atoms with Gasteiger partial charge in [-0.3, -0.25) is 0 Å². The molecule has 0 aromatic carbocycles. The summed E-state index contributed by atoms with van der Waals surface area (Å²) in [5.41, 5.74) is 1.56. The van der Waals surface area contributed by atoms with E-state index >= 15 is 0 Å². The second-order valence-electron chi connectivity index (χ2n) is 4.00. The van der Waals surface area contributed by atoms with E-state index in [1.807, 2.05) is 0 Å². The lowest BCUT2D eigenvalue weighted by molar-refractivity contribution is 0.141. The van der Waals surface area contributed by atoms with E-state index in [1.165, 1.54) is 44.3 Å². The Morgan fingerprint density at radius 1 is 1.54 bits per heavy atom. The zero-order valence-corrected chi connectivity index (χ0v) is 8.38. The largest absolute Gasteiger partial charge is 0.490 e. The summed E-state index contributed by atoms with van der Waals surface area (Å²) in [4.78, 5) is 0. The van der Waals surface area contributed by atoms with Gasteiger partial charge in [-0.1, -0.05) is 25.8 Å². The Labute approximate surface area is 80.5 Å². The molecule has 0 amide bonds.